The Labute approximate surface area is 309 Å². The van der Waals surface area contributed by atoms with Gasteiger partial charge in [0, 0.05) is 13.2 Å². The zero-order valence-corrected chi connectivity index (χ0v) is 34.8. The van der Waals surface area contributed by atoms with Gasteiger partial charge in [0.1, 0.15) is 16.6 Å². The van der Waals surface area contributed by atoms with Crippen molar-refractivity contribution >= 4 is 80.5 Å². The first kappa shape index (κ1) is 58.8. The number of ether oxygens (including phenoxy) is 3. The number of aliphatic carboxylic acids is 3. The molecular weight excluding hydrogens is 777 g/mol. The number of hydrogen-bond donors (Lipinski definition) is 8. The van der Waals surface area contributed by atoms with E-state index in [1.807, 2.05) is 0 Å². The Morgan fingerprint density at radius 2 is 1.15 bits per heavy atom. The SMILES string of the molecule is CC(O)C(=O)O.CCCCCCOC(=O)C(S)CC(=O)OC.COC(=O)C(C)C.O=C(O)CC(S)C(=O)O.OCCCCCO.[Cl][Zn][Cl]. The second kappa shape index (κ2) is 45.6. The summed E-state index contributed by atoms with van der Waals surface area (Å²) in [4.78, 5) is 61.6. The molecule has 3 unspecified atom stereocenters. The van der Waals surface area contributed by atoms with Gasteiger partial charge in [-0.2, -0.15) is 25.3 Å². The molecule has 0 radical (unpaired) electrons. The topological polar surface area (TPSA) is 251 Å². The molecule has 0 spiro atoms. The van der Waals surface area contributed by atoms with Crippen molar-refractivity contribution in [1.82, 2.24) is 0 Å². The first-order valence-corrected chi connectivity index (χ1v) is 23.5. The first-order chi connectivity index (χ1) is 22.3. The van der Waals surface area contributed by atoms with Gasteiger partial charge in [0.25, 0.3) is 0 Å². The summed E-state index contributed by atoms with van der Waals surface area (Å²) < 4.78 is 13.8. The molecule has 0 fully saturated rings. The molecule has 0 saturated carbocycles. The third-order valence-electron chi connectivity index (χ3n) is 4.60. The van der Waals surface area contributed by atoms with Gasteiger partial charge in [0.2, 0.25) is 0 Å². The maximum absolute atomic E-state index is 11.3. The van der Waals surface area contributed by atoms with Gasteiger partial charge in [-0.05, 0) is 32.6 Å². The summed E-state index contributed by atoms with van der Waals surface area (Å²) in [6.07, 6.45) is 5.05. The van der Waals surface area contributed by atoms with Crippen LogP contribution in [0.4, 0.5) is 0 Å². The number of carbonyl (C=O) groups excluding carboxylic acids is 3. The van der Waals surface area contributed by atoms with Crippen LogP contribution in [0.25, 0.3) is 0 Å². The number of aliphatic hydroxyl groups excluding tert-OH is 3. The van der Waals surface area contributed by atoms with Crippen LogP contribution >= 0.6 is 44.6 Å². The number of esters is 3. The molecule has 0 rings (SSSR count). The minimum absolute atomic E-state index is 0.00463. The van der Waals surface area contributed by atoms with E-state index in [0.29, 0.717) is 6.61 Å². The molecule has 15 nitrogen and oxygen atoms in total. The van der Waals surface area contributed by atoms with Crippen LogP contribution in [-0.4, -0.2) is 117 Å². The zero-order valence-electron chi connectivity index (χ0n) is 28.5. The molecule has 6 N–H and O–H groups in total. The fraction of sp³-hybridized carbons (Fsp3) is 0.786. The van der Waals surface area contributed by atoms with E-state index in [1.165, 1.54) is 21.1 Å². The number of rotatable bonds is 17. The Kier molecular flexibility index (Phi) is 55.9. The monoisotopic (exact) mass is 828 g/mol. The molecular formula is C28H54Cl2O15S2Zn. The molecule has 0 saturated heterocycles. The molecule has 0 aromatic heterocycles. The molecule has 20 heteroatoms. The predicted molar refractivity (Wildman–Crippen MR) is 183 cm³/mol. The number of carboxylic acids is 3. The van der Waals surface area contributed by atoms with Gasteiger partial charge in [0.05, 0.1) is 39.6 Å². The van der Waals surface area contributed by atoms with E-state index in [-0.39, 0.29) is 31.5 Å². The summed E-state index contributed by atoms with van der Waals surface area (Å²) >= 11 is 6.54. The number of carboxylic acid groups (broad SMARTS) is 3. The van der Waals surface area contributed by atoms with Gasteiger partial charge >= 0.3 is 70.3 Å². The number of aliphatic hydroxyl groups is 3. The van der Waals surface area contributed by atoms with Crippen LogP contribution in [0.5, 0.6) is 0 Å². The molecule has 0 amide bonds. The normalized spacial score (nSPS) is 11.0. The van der Waals surface area contributed by atoms with Crippen molar-refractivity contribution in [1.29, 1.82) is 0 Å². The number of hydrogen-bond acceptors (Lipinski definition) is 14. The second-order valence-electron chi connectivity index (χ2n) is 9.28. The number of methoxy groups -OCH3 is 2. The summed E-state index contributed by atoms with van der Waals surface area (Å²) in [6.45, 7) is 7.81. The van der Waals surface area contributed by atoms with Crippen LogP contribution in [-0.2, 0) is 58.1 Å². The molecule has 0 aliphatic carbocycles. The summed E-state index contributed by atoms with van der Waals surface area (Å²) in [5.41, 5.74) is 0. The van der Waals surface area contributed by atoms with Gasteiger partial charge in [-0.3, -0.25) is 24.0 Å². The predicted octanol–water partition coefficient (Wildman–Crippen LogP) is 3.60. The van der Waals surface area contributed by atoms with E-state index in [0.717, 1.165) is 44.9 Å². The second-order valence-corrected chi connectivity index (χ2v) is 15.1. The van der Waals surface area contributed by atoms with Crippen LogP contribution in [0, 0.1) is 5.92 Å². The number of thiol groups is 2. The molecule has 0 heterocycles. The fourth-order valence-corrected chi connectivity index (χ4v) is 2.39. The Morgan fingerprint density at radius 3 is 1.40 bits per heavy atom. The van der Waals surface area contributed by atoms with Crippen molar-refractivity contribution in [2.24, 2.45) is 5.92 Å². The average molecular weight is 831 g/mol. The Balaban J connectivity index is -0.000000119. The Bertz CT molecular complexity index is 807. The van der Waals surface area contributed by atoms with Gasteiger partial charge in [-0.15, -0.1) is 0 Å². The molecule has 0 aromatic carbocycles. The summed E-state index contributed by atoms with van der Waals surface area (Å²) in [6, 6.07) is 0. The Morgan fingerprint density at radius 1 is 0.708 bits per heavy atom. The summed E-state index contributed by atoms with van der Waals surface area (Å²) in [5.74, 6) is -4.61. The molecule has 284 valence electrons. The van der Waals surface area contributed by atoms with E-state index in [1.54, 1.807) is 13.8 Å². The van der Waals surface area contributed by atoms with Gasteiger partial charge in [0.15, 0.2) is 0 Å². The number of unbranched alkanes of at least 4 members (excludes halogenated alkanes) is 5. The molecule has 0 aliphatic heterocycles. The molecule has 48 heavy (non-hydrogen) atoms. The van der Waals surface area contributed by atoms with Gasteiger partial charge in [-0.1, -0.05) is 40.0 Å². The van der Waals surface area contributed by atoms with Crippen LogP contribution in [0.1, 0.15) is 85.5 Å². The molecule has 0 bridgehead atoms. The van der Waals surface area contributed by atoms with Crippen molar-refractivity contribution in [3.8, 4) is 0 Å². The third-order valence-corrected chi connectivity index (χ3v) is 5.40. The summed E-state index contributed by atoms with van der Waals surface area (Å²) in [5, 5.41) is 46.5. The average Bonchev–Trinajstić information content (AvgIpc) is 3.01. The van der Waals surface area contributed by atoms with Crippen LogP contribution < -0.4 is 0 Å². The fourth-order valence-electron chi connectivity index (χ4n) is 2.01. The molecule has 0 aromatic rings. The van der Waals surface area contributed by atoms with Crippen LogP contribution in [0.15, 0.2) is 0 Å². The van der Waals surface area contributed by atoms with Crippen molar-refractivity contribution in [3.05, 3.63) is 0 Å². The van der Waals surface area contributed by atoms with Crippen molar-refractivity contribution in [2.75, 3.05) is 34.0 Å². The van der Waals surface area contributed by atoms with Gasteiger partial charge in [-0.25, -0.2) is 4.79 Å². The van der Waals surface area contributed by atoms with E-state index in [4.69, 9.17) is 54.8 Å². The molecule has 0 aliphatic rings. The van der Waals surface area contributed by atoms with Crippen LogP contribution in [0.2, 0.25) is 0 Å². The standard InChI is InChI=1S/C11H20O4S.C5H10O2.C5H12O2.C4H6O4S.C3H6O3.2ClH.Zn/c1-3-4-5-6-7-15-11(13)9(16)8-10(12)14-2;1-4(2)5(6)7-3;6-4-2-1-3-5-7;5-3(6)1-2(9)4(7)8;1-2(4)3(5)6;;;/h9,16H,3-8H2,1-2H3;4H,1-3H3;6-7H,1-5H2;2,9H,1H2,(H,5,6)(H,7,8);2,4H,1H3,(H,5,6);2*1H;/q;;;;;;;+2/p-2. The molecule has 3 atom stereocenters. The van der Waals surface area contributed by atoms with Gasteiger partial charge < -0.3 is 44.8 Å². The zero-order chi connectivity index (χ0) is 39.1. The van der Waals surface area contributed by atoms with Crippen molar-refractivity contribution in [2.45, 2.75) is 102 Å². The quantitative estimate of drug-likeness (QED) is 0.0343. The van der Waals surface area contributed by atoms with Crippen molar-refractivity contribution in [3.63, 3.8) is 0 Å². The van der Waals surface area contributed by atoms with Crippen LogP contribution in [0.3, 0.4) is 0 Å². The van der Waals surface area contributed by atoms with E-state index in [9.17, 15) is 28.8 Å². The Hall–Kier alpha value is -1.40. The third kappa shape index (κ3) is 60.0. The maximum atomic E-state index is 11.3. The van der Waals surface area contributed by atoms with Crippen molar-refractivity contribution < 1.29 is 88.8 Å². The summed E-state index contributed by atoms with van der Waals surface area (Å²) in [7, 11) is 12.6. The van der Waals surface area contributed by atoms with E-state index < -0.39 is 68.0 Å². The first-order valence-electron chi connectivity index (χ1n) is 14.7. The van der Waals surface area contributed by atoms with E-state index >= 15 is 0 Å². The van der Waals surface area contributed by atoms with E-state index in [2.05, 4.69) is 41.7 Å². The number of halogens is 2. The number of carbonyl (C=O) groups is 6. The minimum atomic E-state index is -1.23.